The number of hydrogen-bond donors (Lipinski definition) is 1. The van der Waals surface area contributed by atoms with Crippen molar-refractivity contribution in [2.24, 2.45) is 0 Å². The molecule has 0 heterocycles. The van der Waals surface area contributed by atoms with E-state index >= 15 is 0 Å². The summed E-state index contributed by atoms with van der Waals surface area (Å²) in [5, 5.41) is 2.83. The predicted octanol–water partition coefficient (Wildman–Crippen LogP) is 3.38. The molecule has 3 aromatic rings. The molecule has 3 aromatic carbocycles. The Balaban J connectivity index is 1.73. The molecule has 1 amide bonds. The SMILES string of the molecule is CN(CCNC(=O)c1ccccc1S(=O)(=O)N(C)c1ccccc1)c1ccccc1. The maximum atomic E-state index is 13.2. The molecule has 0 fully saturated rings. The molecule has 6 nitrogen and oxygen atoms in total. The van der Waals surface area contributed by atoms with Gasteiger partial charge in [0.2, 0.25) is 0 Å². The van der Waals surface area contributed by atoms with E-state index in [4.69, 9.17) is 0 Å². The lowest BCUT2D eigenvalue weighted by atomic mass is 10.2. The molecule has 30 heavy (non-hydrogen) atoms. The van der Waals surface area contributed by atoms with E-state index < -0.39 is 15.9 Å². The molecular formula is C23H25N3O3S. The van der Waals surface area contributed by atoms with Crippen molar-refractivity contribution >= 4 is 27.3 Å². The molecule has 0 radical (unpaired) electrons. The fraction of sp³-hybridized carbons (Fsp3) is 0.174. The lowest BCUT2D eigenvalue weighted by Gasteiger charge is -2.22. The van der Waals surface area contributed by atoms with Gasteiger partial charge in [-0.1, -0.05) is 48.5 Å². The molecule has 0 aromatic heterocycles. The minimum absolute atomic E-state index is 0.0229. The summed E-state index contributed by atoms with van der Waals surface area (Å²) in [6, 6.07) is 24.9. The zero-order valence-corrected chi connectivity index (χ0v) is 17.8. The van der Waals surface area contributed by atoms with E-state index in [0.29, 0.717) is 18.8 Å². The zero-order chi connectivity index (χ0) is 21.6. The quantitative estimate of drug-likeness (QED) is 0.603. The number of rotatable bonds is 8. The van der Waals surface area contributed by atoms with Crippen molar-refractivity contribution in [1.29, 1.82) is 0 Å². The average molecular weight is 424 g/mol. The summed E-state index contributed by atoms with van der Waals surface area (Å²) >= 11 is 0. The summed E-state index contributed by atoms with van der Waals surface area (Å²) < 4.78 is 27.5. The maximum absolute atomic E-state index is 13.2. The molecule has 0 aliphatic heterocycles. The Labute approximate surface area is 177 Å². The summed E-state index contributed by atoms with van der Waals surface area (Å²) in [5.41, 5.74) is 1.69. The molecule has 0 spiro atoms. The van der Waals surface area contributed by atoms with Gasteiger partial charge in [-0.05, 0) is 36.4 Å². The smallest absolute Gasteiger partial charge is 0.264 e. The molecule has 156 valence electrons. The van der Waals surface area contributed by atoms with Crippen LogP contribution in [0.5, 0.6) is 0 Å². The van der Waals surface area contributed by atoms with Crippen LogP contribution >= 0.6 is 0 Å². The van der Waals surface area contributed by atoms with E-state index in [1.54, 1.807) is 36.4 Å². The number of nitrogens with zero attached hydrogens (tertiary/aromatic N) is 2. The number of carbonyl (C=O) groups excluding carboxylic acids is 1. The van der Waals surface area contributed by atoms with Gasteiger partial charge in [0, 0.05) is 32.9 Å². The largest absolute Gasteiger partial charge is 0.373 e. The van der Waals surface area contributed by atoms with E-state index in [-0.39, 0.29) is 10.5 Å². The molecule has 0 saturated carbocycles. The monoisotopic (exact) mass is 423 g/mol. The highest BCUT2D eigenvalue weighted by molar-refractivity contribution is 7.92. The number of benzene rings is 3. The van der Waals surface area contributed by atoms with Crippen LogP contribution in [0.2, 0.25) is 0 Å². The van der Waals surface area contributed by atoms with Gasteiger partial charge in [-0.2, -0.15) is 0 Å². The molecule has 7 heteroatoms. The zero-order valence-electron chi connectivity index (χ0n) is 17.0. The van der Waals surface area contributed by atoms with E-state index in [1.165, 1.54) is 23.5 Å². The van der Waals surface area contributed by atoms with Crippen LogP contribution in [0.15, 0.2) is 89.8 Å². The average Bonchev–Trinajstić information content (AvgIpc) is 2.79. The van der Waals surface area contributed by atoms with Crippen LogP contribution in [0.1, 0.15) is 10.4 Å². The fourth-order valence-electron chi connectivity index (χ4n) is 3.05. The Hall–Kier alpha value is -3.32. The van der Waals surface area contributed by atoms with Crippen molar-refractivity contribution in [3.05, 3.63) is 90.5 Å². The number of carbonyl (C=O) groups is 1. The van der Waals surface area contributed by atoms with Crippen LogP contribution in [-0.2, 0) is 10.0 Å². The second-order valence-corrected chi connectivity index (χ2v) is 8.75. The van der Waals surface area contributed by atoms with E-state index in [0.717, 1.165) is 5.69 Å². The van der Waals surface area contributed by atoms with Gasteiger partial charge in [-0.3, -0.25) is 9.10 Å². The highest BCUT2D eigenvalue weighted by Gasteiger charge is 2.26. The summed E-state index contributed by atoms with van der Waals surface area (Å²) in [5.74, 6) is -0.419. The van der Waals surface area contributed by atoms with Gasteiger partial charge in [-0.25, -0.2) is 8.42 Å². The molecule has 1 N–H and O–H groups in total. The summed E-state index contributed by atoms with van der Waals surface area (Å²) in [6.07, 6.45) is 0. The second kappa shape index (κ2) is 9.45. The first-order valence-corrected chi connectivity index (χ1v) is 11.0. The van der Waals surface area contributed by atoms with Crippen molar-refractivity contribution in [1.82, 2.24) is 5.32 Å². The third-order valence-corrected chi connectivity index (χ3v) is 6.66. The van der Waals surface area contributed by atoms with Crippen LogP contribution in [0, 0.1) is 0 Å². The molecule has 0 unspecified atom stereocenters. The van der Waals surface area contributed by atoms with Crippen molar-refractivity contribution in [3.8, 4) is 0 Å². The fourth-order valence-corrected chi connectivity index (χ4v) is 4.43. The van der Waals surface area contributed by atoms with Gasteiger partial charge in [0.15, 0.2) is 0 Å². The maximum Gasteiger partial charge on any atom is 0.264 e. The standard InChI is InChI=1S/C23H25N3O3S/c1-25(19-11-5-3-6-12-19)18-17-24-23(27)21-15-9-10-16-22(21)30(28,29)26(2)20-13-7-4-8-14-20/h3-16H,17-18H2,1-2H3,(H,24,27). The van der Waals surface area contributed by atoms with Gasteiger partial charge in [-0.15, -0.1) is 0 Å². The topological polar surface area (TPSA) is 69.7 Å². The van der Waals surface area contributed by atoms with Crippen molar-refractivity contribution in [3.63, 3.8) is 0 Å². The summed E-state index contributed by atoms with van der Waals surface area (Å²) in [4.78, 5) is 14.8. The van der Waals surface area contributed by atoms with Crippen molar-refractivity contribution in [2.75, 3.05) is 36.4 Å². The predicted molar refractivity (Wildman–Crippen MR) is 121 cm³/mol. The van der Waals surface area contributed by atoms with Crippen LogP contribution in [0.4, 0.5) is 11.4 Å². The Morgan fingerprint density at radius 3 is 1.97 bits per heavy atom. The molecular weight excluding hydrogens is 398 g/mol. The van der Waals surface area contributed by atoms with Gasteiger partial charge in [0.25, 0.3) is 15.9 Å². The summed E-state index contributed by atoms with van der Waals surface area (Å²) in [6.45, 7) is 0.974. The third-order valence-electron chi connectivity index (χ3n) is 4.82. The molecule has 0 aliphatic carbocycles. The van der Waals surface area contributed by atoms with E-state index in [2.05, 4.69) is 5.32 Å². The highest BCUT2D eigenvalue weighted by atomic mass is 32.2. The lowest BCUT2D eigenvalue weighted by Crippen LogP contribution is -2.34. The Morgan fingerprint density at radius 1 is 0.800 bits per heavy atom. The number of anilines is 2. The van der Waals surface area contributed by atoms with Crippen LogP contribution < -0.4 is 14.5 Å². The van der Waals surface area contributed by atoms with E-state index in [9.17, 15) is 13.2 Å². The first-order valence-electron chi connectivity index (χ1n) is 9.58. The second-order valence-electron chi connectivity index (χ2n) is 6.82. The van der Waals surface area contributed by atoms with Gasteiger partial charge >= 0.3 is 0 Å². The van der Waals surface area contributed by atoms with Crippen LogP contribution in [-0.4, -0.2) is 41.5 Å². The highest BCUT2D eigenvalue weighted by Crippen LogP contribution is 2.24. The number of amides is 1. The first kappa shape index (κ1) is 21.4. The minimum atomic E-state index is -3.89. The molecule has 0 aliphatic rings. The first-order chi connectivity index (χ1) is 14.4. The Kier molecular flexibility index (Phi) is 6.74. The van der Waals surface area contributed by atoms with Gasteiger partial charge in [0.1, 0.15) is 4.90 Å². The lowest BCUT2D eigenvalue weighted by molar-refractivity contribution is 0.0951. The molecule has 3 rings (SSSR count). The summed E-state index contributed by atoms with van der Waals surface area (Å²) in [7, 11) is -0.470. The Morgan fingerprint density at radius 2 is 1.33 bits per heavy atom. The number of sulfonamides is 1. The number of likely N-dealkylation sites (N-methyl/N-ethyl adjacent to an activating group) is 1. The van der Waals surface area contributed by atoms with Gasteiger partial charge < -0.3 is 10.2 Å². The van der Waals surface area contributed by atoms with Crippen molar-refractivity contribution < 1.29 is 13.2 Å². The Bertz CT molecular complexity index is 1090. The number of hydrogen-bond acceptors (Lipinski definition) is 4. The molecule has 0 atom stereocenters. The number of para-hydroxylation sites is 2. The van der Waals surface area contributed by atoms with E-state index in [1.807, 2.05) is 48.3 Å². The number of nitrogens with one attached hydrogen (secondary N) is 1. The van der Waals surface area contributed by atoms with Crippen molar-refractivity contribution in [2.45, 2.75) is 4.90 Å². The van der Waals surface area contributed by atoms with Crippen LogP contribution in [0.3, 0.4) is 0 Å². The third kappa shape index (κ3) is 4.80. The van der Waals surface area contributed by atoms with Crippen LogP contribution in [0.25, 0.3) is 0 Å². The molecule has 0 saturated heterocycles. The molecule has 0 bridgehead atoms. The van der Waals surface area contributed by atoms with Gasteiger partial charge in [0.05, 0.1) is 11.3 Å². The minimum Gasteiger partial charge on any atom is -0.373 e. The normalized spacial score (nSPS) is 11.0.